The average molecular weight is 460 g/mol. The topological polar surface area (TPSA) is 77.1 Å². The summed E-state index contributed by atoms with van der Waals surface area (Å²) in [6.45, 7) is 1.96. The Balaban J connectivity index is 1.57. The second-order valence-electron chi connectivity index (χ2n) is 7.47. The number of anilines is 1. The van der Waals surface area contributed by atoms with Gasteiger partial charge in [0, 0.05) is 11.1 Å². The molecule has 33 heavy (non-hydrogen) atoms. The molecule has 164 valence electrons. The van der Waals surface area contributed by atoms with E-state index in [1.54, 1.807) is 30.3 Å². The van der Waals surface area contributed by atoms with Crippen LogP contribution in [-0.2, 0) is 4.79 Å². The molecule has 0 radical (unpaired) electrons. The van der Waals surface area contributed by atoms with Crippen LogP contribution in [0.1, 0.15) is 5.56 Å². The van der Waals surface area contributed by atoms with Crippen LogP contribution < -0.4 is 10.9 Å². The number of hydrogen-bond donors (Lipinski definition) is 1. The Morgan fingerprint density at radius 1 is 1.06 bits per heavy atom. The number of fused-ring (bicyclic) bond motifs is 3. The molecule has 5 rings (SSSR count). The SMILES string of the molecule is Cc1ccc(NC(=O)CSc2nc3c(oc4ccccc43)c(=O)n2-c2ccccc2F)cc1. The number of nitrogens with one attached hydrogen (secondary N) is 1. The van der Waals surface area contributed by atoms with E-state index >= 15 is 0 Å². The van der Waals surface area contributed by atoms with E-state index in [1.807, 2.05) is 37.3 Å². The second kappa shape index (κ2) is 8.55. The first-order valence-electron chi connectivity index (χ1n) is 10.2. The predicted molar refractivity (Wildman–Crippen MR) is 128 cm³/mol. The van der Waals surface area contributed by atoms with E-state index in [9.17, 15) is 14.0 Å². The highest BCUT2D eigenvalue weighted by Crippen LogP contribution is 2.29. The van der Waals surface area contributed by atoms with E-state index < -0.39 is 11.4 Å². The zero-order valence-electron chi connectivity index (χ0n) is 17.5. The number of nitrogens with zero attached hydrogens (tertiary/aromatic N) is 2. The molecule has 5 aromatic rings. The summed E-state index contributed by atoms with van der Waals surface area (Å²) < 4.78 is 21.6. The second-order valence-corrected chi connectivity index (χ2v) is 8.41. The molecule has 2 heterocycles. The minimum absolute atomic E-state index is 0.0178. The molecule has 3 aromatic carbocycles. The Morgan fingerprint density at radius 3 is 2.58 bits per heavy atom. The van der Waals surface area contributed by atoms with Gasteiger partial charge in [0.1, 0.15) is 16.9 Å². The average Bonchev–Trinajstić information content (AvgIpc) is 3.19. The maximum atomic E-state index is 14.7. The molecule has 8 heteroatoms. The van der Waals surface area contributed by atoms with Gasteiger partial charge in [0.15, 0.2) is 5.16 Å². The predicted octanol–water partition coefficient (Wildman–Crippen LogP) is 5.31. The van der Waals surface area contributed by atoms with Gasteiger partial charge in [-0.15, -0.1) is 0 Å². The van der Waals surface area contributed by atoms with Crippen molar-refractivity contribution < 1.29 is 13.6 Å². The van der Waals surface area contributed by atoms with Gasteiger partial charge in [-0.05, 0) is 43.3 Å². The highest BCUT2D eigenvalue weighted by molar-refractivity contribution is 7.99. The first-order chi connectivity index (χ1) is 16.0. The van der Waals surface area contributed by atoms with Crippen molar-refractivity contribution >= 4 is 45.4 Å². The lowest BCUT2D eigenvalue weighted by Gasteiger charge is -2.12. The molecular formula is C25H18FN3O3S. The molecule has 0 saturated carbocycles. The summed E-state index contributed by atoms with van der Waals surface area (Å²) in [4.78, 5) is 30.6. The number of furan rings is 1. The molecule has 1 amide bonds. The van der Waals surface area contributed by atoms with Crippen LogP contribution in [0.5, 0.6) is 0 Å². The summed E-state index contributed by atoms with van der Waals surface area (Å²) in [6, 6.07) is 20.5. The zero-order valence-corrected chi connectivity index (χ0v) is 18.4. The Labute approximate surface area is 192 Å². The lowest BCUT2D eigenvalue weighted by atomic mass is 10.2. The summed E-state index contributed by atoms with van der Waals surface area (Å²) in [6.07, 6.45) is 0. The molecule has 0 aliphatic heterocycles. The molecule has 1 N–H and O–H groups in total. The molecule has 6 nitrogen and oxygen atoms in total. The van der Waals surface area contributed by atoms with E-state index in [0.717, 1.165) is 21.9 Å². The molecule has 0 aliphatic carbocycles. The van der Waals surface area contributed by atoms with E-state index in [-0.39, 0.29) is 28.1 Å². The maximum Gasteiger partial charge on any atom is 0.302 e. The number of amides is 1. The van der Waals surface area contributed by atoms with E-state index in [0.29, 0.717) is 22.2 Å². The van der Waals surface area contributed by atoms with Crippen molar-refractivity contribution in [1.82, 2.24) is 9.55 Å². The van der Waals surface area contributed by atoms with Gasteiger partial charge in [-0.2, -0.15) is 0 Å². The Morgan fingerprint density at radius 2 is 1.79 bits per heavy atom. The number of carbonyl (C=O) groups is 1. The normalized spacial score (nSPS) is 11.2. The largest absolute Gasteiger partial charge is 0.448 e. The Hall–Kier alpha value is -3.91. The Kier molecular flexibility index (Phi) is 5.43. The van der Waals surface area contributed by atoms with Gasteiger partial charge in [0.2, 0.25) is 11.5 Å². The lowest BCUT2D eigenvalue weighted by molar-refractivity contribution is -0.113. The molecular weight excluding hydrogens is 441 g/mol. The first kappa shape index (κ1) is 21.0. The standard InChI is InChI=1S/C25H18FN3O3S/c1-15-10-12-16(13-11-15)27-21(30)14-33-25-28-22-17-6-2-5-9-20(17)32-23(22)24(31)29(25)19-8-4-3-7-18(19)26/h2-13H,14H2,1H3,(H,27,30). The third-order valence-corrected chi connectivity index (χ3v) is 6.06. The molecule has 2 aromatic heterocycles. The summed E-state index contributed by atoms with van der Waals surface area (Å²) in [5.41, 5.74) is 2.18. The monoisotopic (exact) mass is 459 g/mol. The molecule has 0 atom stereocenters. The smallest absolute Gasteiger partial charge is 0.302 e. The lowest BCUT2D eigenvalue weighted by Crippen LogP contribution is -2.23. The van der Waals surface area contributed by atoms with Crippen molar-refractivity contribution in [2.75, 3.05) is 11.1 Å². The number of aryl methyl sites for hydroxylation is 1. The zero-order chi connectivity index (χ0) is 22.9. The van der Waals surface area contributed by atoms with Gasteiger partial charge in [-0.3, -0.25) is 9.59 Å². The molecule has 0 spiro atoms. The van der Waals surface area contributed by atoms with Crippen LogP contribution in [0, 0.1) is 12.7 Å². The summed E-state index contributed by atoms with van der Waals surface area (Å²) in [7, 11) is 0. The minimum atomic E-state index is -0.581. The van der Waals surface area contributed by atoms with Gasteiger partial charge in [0.05, 0.1) is 11.4 Å². The fraction of sp³-hybridized carbons (Fsp3) is 0.0800. The van der Waals surface area contributed by atoms with E-state index in [2.05, 4.69) is 10.3 Å². The van der Waals surface area contributed by atoms with Crippen molar-refractivity contribution in [1.29, 1.82) is 0 Å². The minimum Gasteiger partial charge on any atom is -0.448 e. The van der Waals surface area contributed by atoms with Gasteiger partial charge >= 0.3 is 5.56 Å². The quantitative estimate of drug-likeness (QED) is 0.285. The number of halogens is 1. The van der Waals surface area contributed by atoms with Crippen molar-refractivity contribution in [3.8, 4) is 5.69 Å². The molecule has 0 bridgehead atoms. The maximum absolute atomic E-state index is 14.7. The third-order valence-electron chi connectivity index (χ3n) is 5.13. The highest BCUT2D eigenvalue weighted by Gasteiger charge is 2.21. The van der Waals surface area contributed by atoms with Crippen LogP contribution in [0.15, 0.2) is 87.2 Å². The Bertz CT molecular complexity index is 1560. The number of carbonyl (C=O) groups excluding carboxylic acids is 1. The molecule has 0 saturated heterocycles. The van der Waals surface area contributed by atoms with Crippen LogP contribution in [-0.4, -0.2) is 21.2 Å². The van der Waals surface area contributed by atoms with Crippen LogP contribution in [0.3, 0.4) is 0 Å². The number of para-hydroxylation sites is 2. The number of aromatic nitrogens is 2. The van der Waals surface area contributed by atoms with Crippen LogP contribution in [0.25, 0.3) is 27.8 Å². The molecule has 0 aliphatic rings. The number of hydrogen-bond acceptors (Lipinski definition) is 5. The van der Waals surface area contributed by atoms with Crippen molar-refractivity contribution in [3.05, 3.63) is 94.5 Å². The highest BCUT2D eigenvalue weighted by atomic mass is 32.2. The number of thioether (sulfide) groups is 1. The first-order valence-corrected chi connectivity index (χ1v) is 11.2. The fourth-order valence-corrected chi connectivity index (χ4v) is 4.33. The van der Waals surface area contributed by atoms with Crippen LogP contribution in [0.4, 0.5) is 10.1 Å². The van der Waals surface area contributed by atoms with Crippen LogP contribution >= 0.6 is 11.8 Å². The van der Waals surface area contributed by atoms with Gasteiger partial charge in [-0.1, -0.05) is 53.7 Å². The summed E-state index contributed by atoms with van der Waals surface area (Å²) in [5, 5.41) is 3.69. The van der Waals surface area contributed by atoms with Crippen LogP contribution in [0.2, 0.25) is 0 Å². The molecule has 0 unspecified atom stereocenters. The van der Waals surface area contributed by atoms with Gasteiger partial charge in [-0.25, -0.2) is 13.9 Å². The number of rotatable bonds is 5. The summed E-state index contributed by atoms with van der Waals surface area (Å²) in [5.74, 6) is -0.867. The van der Waals surface area contributed by atoms with Crippen molar-refractivity contribution in [3.63, 3.8) is 0 Å². The number of benzene rings is 3. The van der Waals surface area contributed by atoms with Crippen molar-refractivity contribution in [2.24, 2.45) is 0 Å². The van der Waals surface area contributed by atoms with E-state index in [4.69, 9.17) is 4.42 Å². The van der Waals surface area contributed by atoms with E-state index in [1.165, 1.54) is 12.1 Å². The molecule has 0 fully saturated rings. The third kappa shape index (κ3) is 4.01. The van der Waals surface area contributed by atoms with Gasteiger partial charge < -0.3 is 9.73 Å². The van der Waals surface area contributed by atoms with Gasteiger partial charge in [0.25, 0.3) is 0 Å². The van der Waals surface area contributed by atoms with Crippen molar-refractivity contribution in [2.45, 2.75) is 12.1 Å². The fourth-order valence-electron chi connectivity index (χ4n) is 3.53. The summed E-state index contributed by atoms with van der Waals surface area (Å²) >= 11 is 1.05.